The molecule has 2 aromatic rings. The normalized spacial score (nSPS) is 18.1. The summed E-state index contributed by atoms with van der Waals surface area (Å²) in [5, 5.41) is 0. The van der Waals surface area contributed by atoms with Crippen LogP contribution in [0.5, 0.6) is 0 Å². The van der Waals surface area contributed by atoms with Gasteiger partial charge >= 0.3 is 11.9 Å². The van der Waals surface area contributed by atoms with Crippen LogP contribution in [0.1, 0.15) is 53.3 Å². The van der Waals surface area contributed by atoms with Crippen LogP contribution in [0.3, 0.4) is 0 Å². The topological polar surface area (TPSA) is 55.8 Å². The van der Waals surface area contributed by atoms with Gasteiger partial charge in [0.2, 0.25) is 0 Å². The summed E-state index contributed by atoms with van der Waals surface area (Å²) in [7, 11) is 3.34. The van der Waals surface area contributed by atoms with Crippen molar-refractivity contribution in [2.75, 3.05) is 20.7 Å². The van der Waals surface area contributed by atoms with Crippen LogP contribution in [0.15, 0.2) is 54.6 Å². The second-order valence-corrected chi connectivity index (χ2v) is 7.56. The van der Waals surface area contributed by atoms with Crippen LogP contribution < -0.4 is 0 Å². The van der Waals surface area contributed by atoms with Gasteiger partial charge in [-0.3, -0.25) is 9.69 Å². The molecule has 2 atom stereocenters. The Bertz CT molecular complexity index is 821. The lowest BCUT2D eigenvalue weighted by Gasteiger charge is -2.32. The van der Waals surface area contributed by atoms with E-state index in [4.69, 9.17) is 9.47 Å². The van der Waals surface area contributed by atoms with Crippen LogP contribution in [0.4, 0.5) is 0 Å². The first kappa shape index (κ1) is 21.1. The van der Waals surface area contributed by atoms with Crippen molar-refractivity contribution in [3.63, 3.8) is 0 Å². The number of rotatable bonds is 7. The Morgan fingerprint density at radius 1 is 1.10 bits per heavy atom. The van der Waals surface area contributed by atoms with Gasteiger partial charge in [-0.05, 0) is 62.5 Å². The van der Waals surface area contributed by atoms with Crippen molar-refractivity contribution < 1.29 is 19.1 Å². The highest BCUT2D eigenvalue weighted by atomic mass is 16.5. The summed E-state index contributed by atoms with van der Waals surface area (Å²) in [6.45, 7) is 0.909. The predicted octanol–water partition coefficient (Wildman–Crippen LogP) is 4.17. The fourth-order valence-electron chi connectivity index (χ4n) is 3.81. The van der Waals surface area contributed by atoms with E-state index in [2.05, 4.69) is 17.0 Å². The van der Waals surface area contributed by atoms with Gasteiger partial charge in [-0.2, -0.15) is 0 Å². The quantitative estimate of drug-likeness (QED) is 0.659. The molecule has 3 rings (SSSR count). The molecule has 1 fully saturated rings. The summed E-state index contributed by atoms with van der Waals surface area (Å²) in [6.07, 6.45) is 3.99. The molecule has 1 aliphatic rings. The lowest BCUT2D eigenvalue weighted by atomic mass is 9.99. The molecule has 0 saturated carbocycles. The zero-order chi connectivity index (χ0) is 20.6. The van der Waals surface area contributed by atoms with Crippen molar-refractivity contribution in [1.82, 2.24) is 4.90 Å². The number of nitrogens with zero attached hydrogens (tertiary/aromatic N) is 1. The summed E-state index contributed by atoms with van der Waals surface area (Å²) in [5.41, 5.74) is 2.46. The van der Waals surface area contributed by atoms with E-state index in [9.17, 15) is 9.59 Å². The van der Waals surface area contributed by atoms with E-state index in [1.165, 1.54) is 12.7 Å². The molecule has 154 valence electrons. The molecule has 0 aliphatic carbocycles. The van der Waals surface area contributed by atoms with E-state index in [1.807, 2.05) is 31.3 Å². The minimum absolute atomic E-state index is 0.186. The summed E-state index contributed by atoms with van der Waals surface area (Å²) in [4.78, 5) is 26.9. The van der Waals surface area contributed by atoms with Gasteiger partial charge in [0.15, 0.2) is 0 Å². The fraction of sp³-hybridized carbons (Fsp3) is 0.417. The first-order chi connectivity index (χ1) is 14.1. The number of likely N-dealkylation sites (tertiary alicyclic amines) is 1. The largest absolute Gasteiger partial charge is 0.465 e. The molecule has 1 saturated heterocycles. The summed E-state index contributed by atoms with van der Waals surface area (Å²) >= 11 is 0. The highest BCUT2D eigenvalue weighted by Crippen LogP contribution is 2.27. The average Bonchev–Trinajstić information content (AvgIpc) is 2.77. The molecule has 0 amide bonds. The summed E-state index contributed by atoms with van der Waals surface area (Å²) < 4.78 is 10.8. The minimum atomic E-state index is -0.414. The molecule has 0 aromatic heterocycles. The van der Waals surface area contributed by atoms with Crippen LogP contribution in [-0.4, -0.2) is 43.6 Å². The molecule has 1 aliphatic heterocycles. The molecule has 1 heterocycles. The Kier molecular flexibility index (Phi) is 7.42. The van der Waals surface area contributed by atoms with E-state index in [1.54, 1.807) is 18.2 Å². The van der Waals surface area contributed by atoms with E-state index >= 15 is 0 Å². The number of piperidine rings is 1. The number of carbonyl (C=O) groups is 2. The molecule has 1 unspecified atom stereocenters. The number of carbonyl (C=O) groups excluding carboxylic acids is 2. The molecule has 0 spiro atoms. The van der Waals surface area contributed by atoms with Gasteiger partial charge in [0, 0.05) is 0 Å². The minimum Gasteiger partial charge on any atom is -0.465 e. The van der Waals surface area contributed by atoms with Gasteiger partial charge in [-0.1, -0.05) is 48.9 Å². The molecule has 5 nitrogen and oxygen atoms in total. The number of methoxy groups -OCH3 is 1. The van der Waals surface area contributed by atoms with Crippen LogP contribution >= 0.6 is 0 Å². The molecule has 2 aromatic carbocycles. The smallest absolute Gasteiger partial charge is 0.337 e. The number of ether oxygens (including phenoxy) is 2. The Balaban J connectivity index is 1.79. The van der Waals surface area contributed by atoms with E-state index in [0.29, 0.717) is 12.0 Å². The second-order valence-electron chi connectivity index (χ2n) is 7.56. The number of hydrogen-bond donors (Lipinski definition) is 0. The van der Waals surface area contributed by atoms with E-state index in [-0.39, 0.29) is 12.0 Å². The predicted molar refractivity (Wildman–Crippen MR) is 112 cm³/mol. The van der Waals surface area contributed by atoms with Crippen molar-refractivity contribution in [1.29, 1.82) is 0 Å². The van der Waals surface area contributed by atoms with Gasteiger partial charge in [0.25, 0.3) is 0 Å². The third-order valence-corrected chi connectivity index (χ3v) is 5.52. The van der Waals surface area contributed by atoms with Crippen LogP contribution in [0.2, 0.25) is 0 Å². The maximum Gasteiger partial charge on any atom is 0.337 e. The zero-order valence-electron chi connectivity index (χ0n) is 17.2. The third kappa shape index (κ3) is 5.67. The van der Waals surface area contributed by atoms with Gasteiger partial charge in [0.1, 0.15) is 12.1 Å². The fourth-order valence-corrected chi connectivity index (χ4v) is 3.81. The number of benzene rings is 2. The van der Waals surface area contributed by atoms with Crippen LogP contribution in [0.25, 0.3) is 0 Å². The lowest BCUT2D eigenvalue weighted by molar-refractivity contribution is -0.157. The number of aryl methyl sites for hydroxylation is 1. The molecule has 0 bridgehead atoms. The van der Waals surface area contributed by atoms with Crippen molar-refractivity contribution in [3.05, 3.63) is 71.3 Å². The van der Waals surface area contributed by atoms with Crippen molar-refractivity contribution >= 4 is 11.9 Å². The van der Waals surface area contributed by atoms with Gasteiger partial charge in [-0.25, -0.2) is 4.79 Å². The van der Waals surface area contributed by atoms with Crippen molar-refractivity contribution in [3.8, 4) is 0 Å². The first-order valence-electron chi connectivity index (χ1n) is 10.2. The molecule has 29 heavy (non-hydrogen) atoms. The first-order valence-corrected chi connectivity index (χ1v) is 10.2. The second kappa shape index (κ2) is 10.2. The highest BCUT2D eigenvalue weighted by molar-refractivity contribution is 5.89. The van der Waals surface area contributed by atoms with E-state index < -0.39 is 12.1 Å². The third-order valence-electron chi connectivity index (χ3n) is 5.52. The van der Waals surface area contributed by atoms with Crippen molar-refractivity contribution in [2.24, 2.45) is 0 Å². The zero-order valence-corrected chi connectivity index (χ0v) is 17.2. The Hall–Kier alpha value is -2.66. The molecular weight excluding hydrogens is 366 g/mol. The average molecular weight is 395 g/mol. The van der Waals surface area contributed by atoms with Gasteiger partial charge in [-0.15, -0.1) is 0 Å². The summed E-state index contributed by atoms with van der Waals surface area (Å²) in [5.74, 6) is -0.583. The van der Waals surface area contributed by atoms with Crippen LogP contribution in [-0.2, 0) is 20.7 Å². The van der Waals surface area contributed by atoms with Gasteiger partial charge in [0.05, 0.1) is 12.7 Å². The molecule has 5 heteroatoms. The maximum absolute atomic E-state index is 12.9. The summed E-state index contributed by atoms with van der Waals surface area (Å²) in [6, 6.07) is 17.1. The monoisotopic (exact) mass is 395 g/mol. The Labute approximate surface area is 172 Å². The molecule has 0 N–H and O–H groups in total. The lowest BCUT2D eigenvalue weighted by Crippen LogP contribution is -2.43. The number of hydrogen-bond acceptors (Lipinski definition) is 5. The van der Waals surface area contributed by atoms with Crippen molar-refractivity contribution in [2.45, 2.75) is 44.2 Å². The molecular formula is C24H29NO4. The van der Waals surface area contributed by atoms with Gasteiger partial charge < -0.3 is 9.47 Å². The maximum atomic E-state index is 12.9. The Morgan fingerprint density at radius 2 is 1.90 bits per heavy atom. The van der Waals surface area contributed by atoms with E-state index in [0.717, 1.165) is 37.8 Å². The SMILES string of the molecule is COC(=O)c1cccc(C(CCc2ccccc2)OC(=O)[C@@H]2CCCCN2C)c1. The number of esters is 2. The standard InChI is InChI=1S/C24H29NO4/c1-25-16-7-6-13-21(25)24(27)29-22(15-14-18-9-4-3-5-10-18)19-11-8-12-20(17-19)23(26)28-2/h3-5,8-12,17,21-22H,6-7,13-16H2,1-2H3/t21-,22?/m0/s1. The highest BCUT2D eigenvalue weighted by Gasteiger charge is 2.29. The van der Waals surface area contributed by atoms with Crippen LogP contribution in [0, 0.1) is 0 Å². The molecule has 0 radical (unpaired) electrons. The number of likely N-dealkylation sites (N-methyl/N-ethyl adjacent to an activating group) is 1. The Morgan fingerprint density at radius 3 is 2.62 bits per heavy atom.